The second kappa shape index (κ2) is 7.43. The number of carbonyl (C=O) groups excluding carboxylic acids is 2. The van der Waals surface area contributed by atoms with E-state index in [2.05, 4.69) is 10.3 Å². The van der Waals surface area contributed by atoms with Crippen LogP contribution in [0.3, 0.4) is 0 Å². The van der Waals surface area contributed by atoms with E-state index < -0.39 is 28.9 Å². The third-order valence-corrected chi connectivity index (χ3v) is 5.49. The van der Waals surface area contributed by atoms with Gasteiger partial charge in [-0.15, -0.1) is 11.8 Å². The Balaban J connectivity index is 1.62. The predicted octanol–water partition coefficient (Wildman–Crippen LogP) is 3.64. The van der Waals surface area contributed by atoms with E-state index in [1.54, 1.807) is 11.6 Å². The number of nitrogens with zero attached hydrogens (tertiary/aromatic N) is 2. The molecule has 0 saturated carbocycles. The zero-order valence-electron chi connectivity index (χ0n) is 13.8. The van der Waals surface area contributed by atoms with Crippen molar-refractivity contribution < 1.29 is 27.5 Å². The first-order valence-electron chi connectivity index (χ1n) is 7.65. The summed E-state index contributed by atoms with van der Waals surface area (Å²) in [6.07, 6.45) is -3.31. The number of aromatic nitrogens is 2. The number of fused-ring (bicyclic) bond motifs is 1. The summed E-state index contributed by atoms with van der Waals surface area (Å²) in [5, 5.41) is 2.00. The van der Waals surface area contributed by atoms with E-state index in [-0.39, 0.29) is 18.7 Å². The minimum absolute atomic E-state index is 0.0760. The van der Waals surface area contributed by atoms with Crippen LogP contribution < -0.4 is 5.32 Å². The number of hydrogen-bond donors (Lipinski definition) is 1. The SMILES string of the molecule is Cn1c(Cl)cnc1COC(=O)CC1Sc2ccc(C(F)(F)F)cc2NC1=O. The number of rotatable bonds is 4. The molecule has 27 heavy (non-hydrogen) atoms. The number of thioether (sulfide) groups is 1. The summed E-state index contributed by atoms with van der Waals surface area (Å²) in [5.74, 6) is -0.736. The fraction of sp³-hybridized carbons (Fsp3) is 0.312. The fourth-order valence-corrected chi connectivity index (χ4v) is 3.60. The van der Waals surface area contributed by atoms with E-state index in [4.69, 9.17) is 16.3 Å². The maximum atomic E-state index is 12.8. The van der Waals surface area contributed by atoms with Gasteiger partial charge in [0.15, 0.2) is 0 Å². The van der Waals surface area contributed by atoms with Gasteiger partial charge >= 0.3 is 12.1 Å². The maximum Gasteiger partial charge on any atom is 0.416 e. The van der Waals surface area contributed by atoms with Crippen molar-refractivity contribution in [3.63, 3.8) is 0 Å². The molecule has 6 nitrogen and oxygen atoms in total. The van der Waals surface area contributed by atoms with Crippen LogP contribution in [0.15, 0.2) is 29.3 Å². The highest BCUT2D eigenvalue weighted by Gasteiger charge is 2.34. The first-order valence-corrected chi connectivity index (χ1v) is 8.91. The Bertz CT molecular complexity index is 901. The molecule has 144 valence electrons. The minimum Gasteiger partial charge on any atom is -0.457 e. The molecular formula is C16H13ClF3N3O3S. The molecular weight excluding hydrogens is 407 g/mol. The van der Waals surface area contributed by atoms with Gasteiger partial charge in [-0.05, 0) is 18.2 Å². The quantitative estimate of drug-likeness (QED) is 0.766. The van der Waals surface area contributed by atoms with E-state index in [0.717, 1.165) is 23.9 Å². The van der Waals surface area contributed by atoms with E-state index in [1.165, 1.54) is 12.3 Å². The van der Waals surface area contributed by atoms with Crippen molar-refractivity contribution in [2.24, 2.45) is 7.05 Å². The Kier molecular flexibility index (Phi) is 5.38. The Morgan fingerprint density at radius 2 is 2.19 bits per heavy atom. The van der Waals surface area contributed by atoms with Gasteiger partial charge in [0.05, 0.1) is 29.1 Å². The lowest BCUT2D eigenvalue weighted by Crippen LogP contribution is -2.31. The number of hydrogen-bond acceptors (Lipinski definition) is 5. The third-order valence-electron chi connectivity index (χ3n) is 3.87. The topological polar surface area (TPSA) is 73.2 Å². The van der Waals surface area contributed by atoms with E-state index in [9.17, 15) is 22.8 Å². The lowest BCUT2D eigenvalue weighted by molar-refractivity contribution is -0.146. The van der Waals surface area contributed by atoms with Crippen LogP contribution in [-0.4, -0.2) is 26.7 Å². The van der Waals surface area contributed by atoms with Gasteiger partial charge in [-0.25, -0.2) is 4.98 Å². The number of anilines is 1. The normalized spacial score (nSPS) is 16.6. The smallest absolute Gasteiger partial charge is 0.416 e. The van der Waals surface area contributed by atoms with Crippen LogP contribution in [0.2, 0.25) is 5.15 Å². The summed E-state index contributed by atoms with van der Waals surface area (Å²) < 4.78 is 44.9. The lowest BCUT2D eigenvalue weighted by Gasteiger charge is -2.24. The molecule has 1 atom stereocenters. The zero-order valence-corrected chi connectivity index (χ0v) is 15.4. The molecule has 0 bridgehead atoms. The Morgan fingerprint density at radius 1 is 1.44 bits per heavy atom. The van der Waals surface area contributed by atoms with E-state index in [1.807, 2.05) is 0 Å². The highest BCUT2D eigenvalue weighted by molar-refractivity contribution is 8.01. The average Bonchev–Trinajstić information content (AvgIpc) is 2.91. The van der Waals surface area contributed by atoms with Gasteiger partial charge < -0.3 is 14.6 Å². The predicted molar refractivity (Wildman–Crippen MR) is 92.3 cm³/mol. The molecule has 1 unspecified atom stereocenters. The lowest BCUT2D eigenvalue weighted by atomic mass is 10.1. The van der Waals surface area contributed by atoms with E-state index >= 15 is 0 Å². The monoisotopic (exact) mass is 419 g/mol. The number of alkyl halides is 3. The summed E-state index contributed by atoms with van der Waals surface area (Å²) in [7, 11) is 1.66. The molecule has 3 rings (SSSR count). The van der Waals surface area contributed by atoms with Gasteiger partial charge in [-0.3, -0.25) is 9.59 Å². The summed E-state index contributed by atoms with van der Waals surface area (Å²) in [5.41, 5.74) is -0.777. The second-order valence-electron chi connectivity index (χ2n) is 5.73. The highest BCUT2D eigenvalue weighted by Crippen LogP contribution is 2.40. The second-order valence-corrected chi connectivity index (χ2v) is 7.36. The van der Waals surface area contributed by atoms with Crippen LogP contribution >= 0.6 is 23.4 Å². The first-order chi connectivity index (χ1) is 12.6. The van der Waals surface area contributed by atoms with Crippen molar-refractivity contribution in [1.29, 1.82) is 0 Å². The molecule has 2 aromatic rings. The van der Waals surface area contributed by atoms with Crippen molar-refractivity contribution >= 4 is 40.9 Å². The molecule has 0 fully saturated rings. The molecule has 1 amide bonds. The molecule has 0 aliphatic carbocycles. The van der Waals surface area contributed by atoms with Gasteiger partial charge in [0, 0.05) is 11.9 Å². The number of benzene rings is 1. The molecule has 1 aromatic carbocycles. The zero-order chi connectivity index (χ0) is 19.8. The Labute approximate surface area is 161 Å². The van der Waals surface area contributed by atoms with Gasteiger partial charge in [0.25, 0.3) is 0 Å². The van der Waals surface area contributed by atoms with Crippen molar-refractivity contribution in [3.05, 3.63) is 40.9 Å². The molecule has 11 heteroatoms. The molecule has 0 saturated heterocycles. The standard InChI is InChI=1S/C16H13ClF3N3O3S/c1-23-12(17)6-21-13(23)7-26-14(24)5-11-15(25)22-9-4-8(16(18,19)20)2-3-10(9)27-11/h2-4,6,11H,5,7H2,1H3,(H,22,25). The number of ether oxygens (including phenoxy) is 1. The molecule has 1 N–H and O–H groups in total. The summed E-state index contributed by atoms with van der Waals surface area (Å²) in [6, 6.07) is 3.08. The minimum atomic E-state index is -4.50. The number of halogens is 4. The van der Waals surface area contributed by atoms with E-state index in [0.29, 0.717) is 15.9 Å². The molecule has 1 aromatic heterocycles. The Hall–Kier alpha value is -2.20. The van der Waals surface area contributed by atoms with Crippen molar-refractivity contribution in [1.82, 2.24) is 9.55 Å². The van der Waals surface area contributed by atoms with Crippen molar-refractivity contribution in [2.75, 3.05) is 5.32 Å². The largest absolute Gasteiger partial charge is 0.457 e. The average molecular weight is 420 g/mol. The van der Waals surface area contributed by atoms with Crippen LogP contribution in [0, 0.1) is 0 Å². The molecule has 1 aliphatic heterocycles. The Morgan fingerprint density at radius 3 is 2.81 bits per heavy atom. The molecule has 0 spiro atoms. The third kappa shape index (κ3) is 4.38. The van der Waals surface area contributed by atoms with Crippen LogP contribution in [0.25, 0.3) is 0 Å². The van der Waals surface area contributed by atoms with Gasteiger partial charge in [0.1, 0.15) is 17.6 Å². The summed E-state index contributed by atoms with van der Waals surface area (Å²) >= 11 is 6.86. The maximum absolute atomic E-state index is 12.8. The highest BCUT2D eigenvalue weighted by atomic mass is 35.5. The number of esters is 1. The van der Waals surface area contributed by atoms with Crippen LogP contribution in [-0.2, 0) is 34.2 Å². The molecule has 0 radical (unpaired) electrons. The summed E-state index contributed by atoms with van der Waals surface area (Å²) in [4.78, 5) is 28.6. The number of nitrogens with one attached hydrogen (secondary N) is 1. The molecule has 2 heterocycles. The molecule has 1 aliphatic rings. The number of amides is 1. The van der Waals surface area contributed by atoms with Crippen molar-refractivity contribution in [2.45, 2.75) is 29.3 Å². The van der Waals surface area contributed by atoms with Crippen molar-refractivity contribution in [3.8, 4) is 0 Å². The van der Waals surface area contributed by atoms with Crippen LogP contribution in [0.4, 0.5) is 18.9 Å². The number of imidazole rings is 1. The van der Waals surface area contributed by atoms with Crippen LogP contribution in [0.1, 0.15) is 17.8 Å². The van der Waals surface area contributed by atoms with Gasteiger partial charge in [-0.2, -0.15) is 13.2 Å². The fourth-order valence-electron chi connectivity index (χ4n) is 2.37. The first kappa shape index (κ1) is 19.6. The van der Waals surface area contributed by atoms with Gasteiger partial charge in [0.2, 0.25) is 5.91 Å². The van der Waals surface area contributed by atoms with Crippen LogP contribution in [0.5, 0.6) is 0 Å². The van der Waals surface area contributed by atoms with Gasteiger partial charge in [-0.1, -0.05) is 11.6 Å². The summed E-state index contributed by atoms with van der Waals surface area (Å²) in [6.45, 7) is -0.105. The number of carbonyl (C=O) groups is 2.